The maximum atomic E-state index is 13.1. The first-order valence-electron chi connectivity index (χ1n) is 15.2. The summed E-state index contributed by atoms with van der Waals surface area (Å²) in [5, 5.41) is 14.3. The molecule has 1 saturated carbocycles. The molecule has 5 nitrogen and oxygen atoms in total. The van der Waals surface area contributed by atoms with Crippen LogP contribution in [-0.4, -0.2) is 46.3 Å². The van der Waals surface area contributed by atoms with Crippen molar-refractivity contribution in [3.8, 4) is 11.5 Å². The summed E-state index contributed by atoms with van der Waals surface area (Å²) in [6, 6.07) is 23.6. The Morgan fingerprint density at radius 2 is 1.85 bits per heavy atom. The number of aromatic amines is 1. The van der Waals surface area contributed by atoms with E-state index in [2.05, 4.69) is 76.6 Å². The lowest BCUT2D eigenvalue weighted by Gasteiger charge is -2.62. The van der Waals surface area contributed by atoms with E-state index in [1.54, 1.807) is 0 Å². The van der Waals surface area contributed by atoms with E-state index in [0.29, 0.717) is 13.0 Å². The molecule has 2 N–H and O–H groups in total. The lowest BCUT2D eigenvalue weighted by molar-refractivity contribution is -0.173. The normalized spacial score (nSPS) is 28.9. The average Bonchev–Trinajstić information content (AvgIpc) is 3.61. The monoisotopic (exact) mass is 568 g/mol. The molecule has 4 atom stereocenters. The summed E-state index contributed by atoms with van der Waals surface area (Å²) >= 11 is 0. The number of fused-ring (bicyclic) bond motifs is 4. The molecule has 0 radical (unpaired) electrons. The molecule has 1 spiro atoms. The number of halogens is 1. The average molecular weight is 569 g/mol. The standard InChI is InChI=1S/C35H36N2O3.ClH/c38-35-20-26-25-10-4-5-11-27(25)36-31(26)33-34(35)16-17-37(21-23-12-13-23)29(35)19-24-14-15-28(32(40-33)30(24)34)39-18-6-9-22-7-2-1-3-8-22;/h1-5,7-8,10-11,14-15,23,29,33,36,38H,6,9,12-13,16-21H2;1H/t29-,33?,34+,35-;/m1./s1. The highest BCUT2D eigenvalue weighted by atomic mass is 35.5. The lowest BCUT2D eigenvalue weighted by Crippen LogP contribution is -2.74. The van der Waals surface area contributed by atoms with E-state index < -0.39 is 11.0 Å². The number of piperidine rings is 1. The zero-order valence-corrected chi connectivity index (χ0v) is 24.1. The number of ether oxygens (including phenoxy) is 2. The fourth-order valence-electron chi connectivity index (χ4n) is 8.78. The van der Waals surface area contributed by atoms with Gasteiger partial charge in [0, 0.05) is 35.5 Å². The summed E-state index contributed by atoms with van der Waals surface area (Å²) in [5.41, 5.74) is 6.08. The van der Waals surface area contributed by atoms with Crippen molar-refractivity contribution in [3.05, 3.63) is 94.7 Å². The molecule has 2 fully saturated rings. The van der Waals surface area contributed by atoms with Crippen LogP contribution in [0.1, 0.15) is 59.7 Å². The Morgan fingerprint density at radius 3 is 2.71 bits per heavy atom. The number of aliphatic hydroxyl groups is 1. The van der Waals surface area contributed by atoms with Crippen molar-refractivity contribution < 1.29 is 14.6 Å². The molecular formula is C35H37ClN2O3. The van der Waals surface area contributed by atoms with Crippen molar-refractivity contribution in [1.29, 1.82) is 0 Å². The SMILES string of the molecule is Cl.O[C@@]12Cc3c([nH]c4ccccc34)C3Oc4c(OCCCc5ccccc5)ccc5c4[C@@]31CCN(CC1CC1)[C@@H]2C5. The molecule has 2 aliphatic heterocycles. The minimum Gasteiger partial charge on any atom is -0.490 e. The van der Waals surface area contributed by atoms with E-state index in [-0.39, 0.29) is 24.6 Å². The largest absolute Gasteiger partial charge is 0.490 e. The number of nitrogens with zero attached hydrogens (tertiary/aromatic N) is 1. The molecule has 41 heavy (non-hydrogen) atoms. The number of nitrogens with one attached hydrogen (secondary N) is 1. The molecule has 5 aliphatic rings. The van der Waals surface area contributed by atoms with Gasteiger partial charge in [0.2, 0.25) is 0 Å². The van der Waals surface area contributed by atoms with Crippen molar-refractivity contribution in [2.24, 2.45) is 5.92 Å². The quantitative estimate of drug-likeness (QED) is 0.257. The van der Waals surface area contributed by atoms with E-state index in [1.165, 1.54) is 40.5 Å². The molecule has 0 amide bonds. The molecular weight excluding hydrogens is 532 g/mol. The predicted octanol–water partition coefficient (Wildman–Crippen LogP) is 6.30. The van der Waals surface area contributed by atoms with E-state index in [9.17, 15) is 5.11 Å². The van der Waals surface area contributed by atoms with Crippen LogP contribution >= 0.6 is 12.4 Å². The van der Waals surface area contributed by atoms with Crippen LogP contribution in [0.2, 0.25) is 0 Å². The van der Waals surface area contributed by atoms with Crippen LogP contribution in [-0.2, 0) is 24.7 Å². The smallest absolute Gasteiger partial charge is 0.166 e. The number of benzene rings is 3. The molecule has 9 rings (SSSR count). The van der Waals surface area contributed by atoms with Gasteiger partial charge < -0.3 is 19.6 Å². The Kier molecular flexibility index (Phi) is 5.80. The van der Waals surface area contributed by atoms with Crippen LogP contribution in [0.5, 0.6) is 11.5 Å². The van der Waals surface area contributed by atoms with E-state index in [0.717, 1.165) is 67.4 Å². The van der Waals surface area contributed by atoms with E-state index in [4.69, 9.17) is 9.47 Å². The first-order chi connectivity index (χ1) is 19.7. The van der Waals surface area contributed by atoms with Gasteiger partial charge in [-0.05, 0) is 79.8 Å². The number of rotatable bonds is 7. The fourth-order valence-corrected chi connectivity index (χ4v) is 8.78. The fraction of sp³-hybridized carbons (Fsp3) is 0.429. The molecule has 3 heterocycles. The number of likely N-dealkylation sites (tertiary alicyclic amines) is 1. The molecule has 212 valence electrons. The van der Waals surface area contributed by atoms with E-state index in [1.807, 2.05) is 0 Å². The molecule has 3 aliphatic carbocycles. The first-order valence-corrected chi connectivity index (χ1v) is 15.2. The van der Waals surface area contributed by atoms with Crippen molar-refractivity contribution in [2.75, 3.05) is 19.7 Å². The van der Waals surface area contributed by atoms with Crippen LogP contribution in [0.15, 0.2) is 66.7 Å². The van der Waals surface area contributed by atoms with Gasteiger partial charge in [-0.25, -0.2) is 0 Å². The number of aromatic nitrogens is 1. The van der Waals surface area contributed by atoms with Gasteiger partial charge in [-0.1, -0.05) is 54.6 Å². The van der Waals surface area contributed by atoms with Gasteiger partial charge in [-0.15, -0.1) is 12.4 Å². The maximum absolute atomic E-state index is 13.1. The zero-order valence-electron chi connectivity index (χ0n) is 23.3. The summed E-state index contributed by atoms with van der Waals surface area (Å²) in [6.45, 7) is 2.77. The van der Waals surface area contributed by atoms with Crippen molar-refractivity contribution in [3.63, 3.8) is 0 Å². The van der Waals surface area contributed by atoms with E-state index >= 15 is 0 Å². The van der Waals surface area contributed by atoms with Gasteiger partial charge in [-0.3, -0.25) is 4.90 Å². The van der Waals surface area contributed by atoms with Gasteiger partial charge in [0.15, 0.2) is 17.6 Å². The summed E-state index contributed by atoms with van der Waals surface area (Å²) in [6.07, 6.45) is 6.81. The zero-order chi connectivity index (χ0) is 26.5. The molecule has 2 bridgehead atoms. The summed E-state index contributed by atoms with van der Waals surface area (Å²) in [7, 11) is 0. The summed E-state index contributed by atoms with van der Waals surface area (Å²) < 4.78 is 13.5. The Morgan fingerprint density at radius 1 is 1.02 bits per heavy atom. The minimum atomic E-state index is -0.882. The van der Waals surface area contributed by atoms with Crippen LogP contribution in [0.3, 0.4) is 0 Å². The molecule has 1 saturated heterocycles. The second kappa shape index (κ2) is 9.26. The Bertz CT molecular complexity index is 1630. The second-order valence-corrected chi connectivity index (χ2v) is 12.9. The molecule has 3 aromatic carbocycles. The minimum absolute atomic E-state index is 0. The summed E-state index contributed by atoms with van der Waals surface area (Å²) in [5.74, 6) is 2.50. The van der Waals surface area contributed by atoms with Gasteiger partial charge in [0.05, 0.1) is 23.3 Å². The Balaban J connectivity index is 0.00000256. The van der Waals surface area contributed by atoms with Crippen molar-refractivity contribution in [2.45, 2.75) is 68.1 Å². The number of hydrogen-bond acceptors (Lipinski definition) is 4. The Labute approximate surface area is 247 Å². The molecule has 4 aromatic rings. The molecule has 1 aromatic heterocycles. The lowest BCUT2D eigenvalue weighted by atomic mass is 9.49. The number of aryl methyl sites for hydroxylation is 1. The summed E-state index contributed by atoms with van der Waals surface area (Å²) in [4.78, 5) is 6.39. The first kappa shape index (κ1) is 25.7. The van der Waals surface area contributed by atoms with Crippen LogP contribution in [0, 0.1) is 5.92 Å². The Hall–Kier alpha value is -2.99. The van der Waals surface area contributed by atoms with Gasteiger partial charge in [-0.2, -0.15) is 0 Å². The van der Waals surface area contributed by atoms with Crippen molar-refractivity contribution >= 4 is 23.3 Å². The van der Waals surface area contributed by atoms with Crippen LogP contribution < -0.4 is 9.47 Å². The van der Waals surface area contributed by atoms with Gasteiger partial charge in [0.1, 0.15) is 0 Å². The third kappa shape index (κ3) is 3.55. The maximum Gasteiger partial charge on any atom is 0.166 e. The highest BCUT2D eigenvalue weighted by Gasteiger charge is 2.72. The number of para-hydroxylation sites is 1. The third-order valence-electron chi connectivity index (χ3n) is 10.8. The van der Waals surface area contributed by atoms with Gasteiger partial charge in [0.25, 0.3) is 0 Å². The molecule has 1 unspecified atom stereocenters. The predicted molar refractivity (Wildman–Crippen MR) is 162 cm³/mol. The third-order valence-corrected chi connectivity index (χ3v) is 10.8. The van der Waals surface area contributed by atoms with Crippen LogP contribution in [0.4, 0.5) is 0 Å². The highest BCUT2D eigenvalue weighted by molar-refractivity contribution is 5.86. The molecule has 6 heteroatoms. The second-order valence-electron chi connectivity index (χ2n) is 12.9. The van der Waals surface area contributed by atoms with Gasteiger partial charge >= 0.3 is 0 Å². The topological polar surface area (TPSA) is 57.7 Å². The van der Waals surface area contributed by atoms with Crippen molar-refractivity contribution in [1.82, 2.24) is 9.88 Å². The van der Waals surface area contributed by atoms with Crippen LogP contribution in [0.25, 0.3) is 10.9 Å². The number of H-pyrrole nitrogens is 1. The number of hydrogen-bond donors (Lipinski definition) is 2. The highest BCUT2D eigenvalue weighted by Crippen LogP contribution is 2.69.